The molecule has 0 amide bonds. The fraction of sp³-hybridized carbons (Fsp3) is 0.500. The Kier molecular flexibility index (Phi) is 2.83. The number of fused-ring (bicyclic) bond motifs is 4. The van der Waals surface area contributed by atoms with Crippen molar-refractivity contribution in [2.75, 3.05) is 0 Å². The van der Waals surface area contributed by atoms with Gasteiger partial charge in [-0.1, -0.05) is 13.8 Å². The highest BCUT2D eigenvalue weighted by molar-refractivity contribution is 6.11. The zero-order chi connectivity index (χ0) is 17.5. The maximum absolute atomic E-state index is 13.0. The predicted octanol–water partition coefficient (Wildman–Crippen LogP) is 3.24. The van der Waals surface area contributed by atoms with E-state index in [-0.39, 0.29) is 18.0 Å². The zero-order valence-corrected chi connectivity index (χ0v) is 14.5. The normalized spacial score (nSPS) is 31.9. The van der Waals surface area contributed by atoms with Crippen LogP contribution in [0.1, 0.15) is 50.3 Å². The van der Waals surface area contributed by atoms with E-state index in [2.05, 4.69) is 0 Å². The second-order valence-corrected chi connectivity index (χ2v) is 7.99. The first-order valence-corrected chi connectivity index (χ1v) is 8.44. The monoisotopic (exact) mass is 326 g/mol. The first kappa shape index (κ1) is 15.6. The third-order valence-electron chi connectivity index (χ3n) is 6.86. The number of hydrogen-bond donors (Lipinski definition) is 1. The molecule has 4 heteroatoms. The van der Waals surface area contributed by atoms with E-state index in [1.54, 1.807) is 27.0 Å². The Balaban J connectivity index is 2.08. The maximum atomic E-state index is 13.0. The molecule has 0 bridgehead atoms. The number of rotatable bonds is 0. The molecule has 2 atom stereocenters. The van der Waals surface area contributed by atoms with Gasteiger partial charge in [0.05, 0.1) is 29.1 Å². The number of carbonyl (C=O) groups excluding carboxylic acids is 2. The smallest absolute Gasteiger partial charge is 0.153 e. The molecule has 4 rings (SSSR count). The summed E-state index contributed by atoms with van der Waals surface area (Å²) in [7, 11) is 0. The van der Waals surface area contributed by atoms with Crippen molar-refractivity contribution < 1.29 is 19.1 Å². The average molecular weight is 326 g/mol. The molecule has 2 aliphatic rings. The lowest BCUT2D eigenvalue weighted by Gasteiger charge is -2.58. The van der Waals surface area contributed by atoms with Gasteiger partial charge >= 0.3 is 0 Å². The molecule has 2 aromatic rings. The van der Waals surface area contributed by atoms with Gasteiger partial charge < -0.3 is 9.52 Å². The van der Waals surface area contributed by atoms with E-state index in [0.29, 0.717) is 12.8 Å². The molecule has 24 heavy (non-hydrogen) atoms. The van der Waals surface area contributed by atoms with Crippen LogP contribution in [0.15, 0.2) is 22.8 Å². The van der Waals surface area contributed by atoms with Gasteiger partial charge in [-0.2, -0.15) is 0 Å². The van der Waals surface area contributed by atoms with Gasteiger partial charge in [0.2, 0.25) is 0 Å². The minimum Gasteiger partial charge on any atom is -0.464 e. The highest BCUT2D eigenvalue weighted by Crippen LogP contribution is 2.57. The Morgan fingerprint density at radius 3 is 2.58 bits per heavy atom. The quantitative estimate of drug-likeness (QED) is 0.755. The molecular weight excluding hydrogens is 304 g/mol. The number of ketones is 2. The molecule has 1 saturated carbocycles. The fourth-order valence-electron chi connectivity index (χ4n) is 4.96. The van der Waals surface area contributed by atoms with E-state index < -0.39 is 16.4 Å². The number of benzene rings is 1. The number of aryl methyl sites for hydroxylation is 1. The second kappa shape index (κ2) is 4.37. The molecule has 0 unspecified atom stereocenters. The molecule has 126 valence electrons. The third kappa shape index (κ3) is 1.48. The summed E-state index contributed by atoms with van der Waals surface area (Å²) in [5.74, 6) is -0.368. The molecule has 1 heterocycles. The molecule has 1 aromatic heterocycles. The number of carbonyl (C=O) groups is 2. The van der Waals surface area contributed by atoms with Crippen LogP contribution < -0.4 is 0 Å². The van der Waals surface area contributed by atoms with Crippen LogP contribution in [0.2, 0.25) is 0 Å². The fourth-order valence-corrected chi connectivity index (χ4v) is 4.96. The van der Waals surface area contributed by atoms with Crippen LogP contribution in [-0.4, -0.2) is 22.3 Å². The molecule has 0 saturated heterocycles. The molecule has 1 N–H and O–H groups in total. The summed E-state index contributed by atoms with van der Waals surface area (Å²) >= 11 is 0. The lowest BCUT2D eigenvalue weighted by Crippen LogP contribution is -2.70. The number of furan rings is 1. The highest BCUT2D eigenvalue weighted by atomic mass is 16.3. The van der Waals surface area contributed by atoms with Crippen molar-refractivity contribution in [2.45, 2.75) is 58.0 Å². The van der Waals surface area contributed by atoms with E-state index in [1.165, 1.54) is 0 Å². The van der Waals surface area contributed by atoms with Crippen LogP contribution >= 0.6 is 0 Å². The van der Waals surface area contributed by atoms with Crippen molar-refractivity contribution in [3.05, 3.63) is 35.1 Å². The first-order valence-electron chi connectivity index (χ1n) is 8.44. The predicted molar refractivity (Wildman–Crippen MR) is 90.0 cm³/mol. The molecule has 4 nitrogen and oxygen atoms in total. The van der Waals surface area contributed by atoms with Crippen molar-refractivity contribution >= 4 is 22.5 Å². The largest absolute Gasteiger partial charge is 0.464 e. The first-order chi connectivity index (χ1) is 11.1. The van der Waals surface area contributed by atoms with Gasteiger partial charge in [0.15, 0.2) is 5.78 Å². The summed E-state index contributed by atoms with van der Waals surface area (Å²) in [5, 5.41) is 12.6. The van der Waals surface area contributed by atoms with Crippen LogP contribution in [-0.2, 0) is 21.4 Å². The Morgan fingerprint density at radius 2 is 1.88 bits per heavy atom. The summed E-state index contributed by atoms with van der Waals surface area (Å²) in [4.78, 5) is 25.5. The van der Waals surface area contributed by atoms with Crippen LogP contribution in [0.25, 0.3) is 11.0 Å². The topological polar surface area (TPSA) is 67.5 Å². The second-order valence-electron chi connectivity index (χ2n) is 7.99. The molecular formula is C20H22O4. The van der Waals surface area contributed by atoms with E-state index >= 15 is 0 Å². The van der Waals surface area contributed by atoms with Gasteiger partial charge in [-0.25, -0.2) is 0 Å². The Morgan fingerprint density at radius 1 is 1.17 bits per heavy atom. The molecule has 1 aromatic carbocycles. The van der Waals surface area contributed by atoms with Crippen molar-refractivity contribution in [2.24, 2.45) is 5.41 Å². The summed E-state index contributed by atoms with van der Waals surface area (Å²) in [6.45, 7) is 7.37. The summed E-state index contributed by atoms with van der Waals surface area (Å²) in [6, 6.07) is 3.83. The maximum Gasteiger partial charge on any atom is 0.153 e. The van der Waals surface area contributed by atoms with Gasteiger partial charge in [-0.05, 0) is 55.5 Å². The third-order valence-corrected chi connectivity index (χ3v) is 6.86. The van der Waals surface area contributed by atoms with Gasteiger partial charge in [0, 0.05) is 5.39 Å². The summed E-state index contributed by atoms with van der Waals surface area (Å²) in [5.41, 5.74) is 0.313. The lowest BCUT2D eigenvalue weighted by molar-refractivity contribution is -0.180. The van der Waals surface area contributed by atoms with E-state index in [0.717, 1.165) is 27.7 Å². The average Bonchev–Trinajstić information content (AvgIpc) is 2.99. The lowest BCUT2D eigenvalue weighted by atomic mass is 9.46. The van der Waals surface area contributed by atoms with Crippen molar-refractivity contribution in [1.82, 2.24) is 0 Å². The zero-order valence-electron chi connectivity index (χ0n) is 14.5. The van der Waals surface area contributed by atoms with Gasteiger partial charge in [0.1, 0.15) is 11.4 Å². The van der Waals surface area contributed by atoms with Crippen LogP contribution in [0.4, 0.5) is 0 Å². The minimum atomic E-state index is -1.38. The Labute approximate surface area is 140 Å². The van der Waals surface area contributed by atoms with Crippen molar-refractivity contribution in [1.29, 1.82) is 0 Å². The molecule has 0 aliphatic heterocycles. The standard InChI is InChI=1S/C20H22O4/c1-11-12-5-7-20(23)18(2,3)16(21)10-17(22)19(20,4)14(12)9-15-13(11)6-8-24-15/h6,8-9,23H,5,7,10H2,1-4H3/t19-,20+/m0/s1. The highest BCUT2D eigenvalue weighted by Gasteiger charge is 2.67. The molecule has 0 spiro atoms. The Bertz CT molecular complexity index is 904. The van der Waals surface area contributed by atoms with Gasteiger partial charge in [0.25, 0.3) is 0 Å². The van der Waals surface area contributed by atoms with Gasteiger partial charge in [-0.15, -0.1) is 0 Å². The van der Waals surface area contributed by atoms with Crippen LogP contribution in [0, 0.1) is 12.3 Å². The summed E-state index contributed by atoms with van der Waals surface area (Å²) < 4.78 is 5.57. The van der Waals surface area contributed by atoms with Crippen molar-refractivity contribution in [3.8, 4) is 0 Å². The SMILES string of the molecule is Cc1c2c(cc3occc13)[C@@]1(C)C(=O)CC(=O)C(C)(C)[C@]1(O)CC2. The number of Topliss-reactive ketones (excluding diaryl/α,β-unsaturated/α-hetero) is 2. The van der Waals surface area contributed by atoms with Gasteiger partial charge in [-0.3, -0.25) is 9.59 Å². The number of hydrogen-bond acceptors (Lipinski definition) is 4. The molecule has 1 fully saturated rings. The van der Waals surface area contributed by atoms with Crippen LogP contribution in [0.3, 0.4) is 0 Å². The number of aliphatic hydroxyl groups is 1. The van der Waals surface area contributed by atoms with E-state index in [1.807, 2.05) is 19.1 Å². The molecule has 0 radical (unpaired) electrons. The van der Waals surface area contributed by atoms with Crippen molar-refractivity contribution in [3.63, 3.8) is 0 Å². The Hall–Kier alpha value is -1.94. The van der Waals surface area contributed by atoms with E-state index in [9.17, 15) is 14.7 Å². The minimum absolute atomic E-state index is 0.125. The van der Waals surface area contributed by atoms with Crippen LogP contribution in [0.5, 0.6) is 0 Å². The summed E-state index contributed by atoms with van der Waals surface area (Å²) in [6.07, 6.45) is 2.58. The molecule has 2 aliphatic carbocycles. The van der Waals surface area contributed by atoms with E-state index in [4.69, 9.17) is 4.42 Å².